The smallest absolute Gasteiger partial charge is 0.126 e. The molecule has 3 N–H and O–H groups in total. The van der Waals surface area contributed by atoms with E-state index in [9.17, 15) is 10.4 Å². The van der Waals surface area contributed by atoms with Crippen molar-refractivity contribution < 1.29 is 9.84 Å². The highest BCUT2D eigenvalue weighted by molar-refractivity contribution is 6.33. The second-order valence-corrected chi connectivity index (χ2v) is 9.60. The molecule has 1 aromatic heterocycles. The molecular weight excluding hydrogens is 496 g/mol. The van der Waals surface area contributed by atoms with Crippen LogP contribution in [0.3, 0.4) is 0 Å². The normalized spacial score (nSPS) is 11.6. The van der Waals surface area contributed by atoms with E-state index in [0.717, 1.165) is 16.8 Å². The van der Waals surface area contributed by atoms with Crippen LogP contribution in [0.4, 0.5) is 5.69 Å². The number of halogens is 1. The zero-order valence-corrected chi connectivity index (χ0v) is 22.3. The Kier molecular flexibility index (Phi) is 9.34. The van der Waals surface area contributed by atoms with Gasteiger partial charge in [0, 0.05) is 48.7 Å². The first-order chi connectivity index (χ1) is 18.5. The summed E-state index contributed by atoms with van der Waals surface area (Å²) in [5, 5.41) is 25.9. The second kappa shape index (κ2) is 13.1. The maximum atomic E-state index is 9.41. The van der Waals surface area contributed by atoms with E-state index < -0.39 is 0 Å². The van der Waals surface area contributed by atoms with Crippen molar-refractivity contribution in [1.82, 2.24) is 10.3 Å². The predicted octanol–water partition coefficient (Wildman–Crippen LogP) is 6.24. The number of aliphatic hydroxyl groups excluding tert-OH is 1. The van der Waals surface area contributed by atoms with Crippen molar-refractivity contribution in [3.8, 4) is 22.9 Å². The fourth-order valence-electron chi connectivity index (χ4n) is 4.14. The Bertz CT molecular complexity index is 1420. The Morgan fingerprint density at radius 1 is 1.03 bits per heavy atom. The summed E-state index contributed by atoms with van der Waals surface area (Å²) in [5.74, 6) is 0.659. The standard InChI is InChI=1S/C31H31ClN4O2/c1-21(19-37)35-18-27-12-29(32)30(13-31(27)38-20-24-11-23(14-33)15-34-16-24)36-17-26-9-6-10-28(22(26)2)25-7-4-3-5-8-25/h3-13,15-16,21,35-37H,17-20H2,1-2H3. The number of hydrogen-bond donors (Lipinski definition) is 3. The molecular formula is C31H31ClN4O2. The molecule has 0 bridgehead atoms. The van der Waals surface area contributed by atoms with Crippen LogP contribution in [0.15, 0.2) is 79.1 Å². The van der Waals surface area contributed by atoms with Crippen molar-refractivity contribution in [3.05, 3.63) is 112 Å². The van der Waals surface area contributed by atoms with Crippen LogP contribution in [0, 0.1) is 18.3 Å². The van der Waals surface area contributed by atoms with Crippen LogP contribution >= 0.6 is 11.6 Å². The number of anilines is 1. The van der Waals surface area contributed by atoms with Crippen LogP contribution in [0.25, 0.3) is 11.1 Å². The van der Waals surface area contributed by atoms with Crippen molar-refractivity contribution in [3.63, 3.8) is 0 Å². The summed E-state index contributed by atoms with van der Waals surface area (Å²) in [6.45, 7) is 5.39. The van der Waals surface area contributed by atoms with Gasteiger partial charge in [-0.3, -0.25) is 4.98 Å². The largest absolute Gasteiger partial charge is 0.488 e. The summed E-state index contributed by atoms with van der Waals surface area (Å²) in [5.41, 5.74) is 7.67. The van der Waals surface area contributed by atoms with Gasteiger partial charge in [-0.15, -0.1) is 0 Å². The molecule has 38 heavy (non-hydrogen) atoms. The average molecular weight is 527 g/mol. The van der Waals surface area contributed by atoms with Gasteiger partial charge in [-0.05, 0) is 48.2 Å². The van der Waals surface area contributed by atoms with Gasteiger partial charge >= 0.3 is 0 Å². The highest BCUT2D eigenvalue weighted by Gasteiger charge is 2.13. The third-order valence-electron chi connectivity index (χ3n) is 6.38. The SMILES string of the molecule is Cc1c(CNc2cc(OCc3cncc(C#N)c3)c(CNC(C)CO)cc2Cl)cccc1-c1ccccc1. The summed E-state index contributed by atoms with van der Waals surface area (Å²) < 4.78 is 6.19. The van der Waals surface area contributed by atoms with Gasteiger partial charge in [-0.2, -0.15) is 5.26 Å². The van der Waals surface area contributed by atoms with Gasteiger partial charge in [-0.25, -0.2) is 0 Å². The lowest BCUT2D eigenvalue weighted by molar-refractivity contribution is 0.249. The second-order valence-electron chi connectivity index (χ2n) is 9.20. The number of pyridine rings is 1. The molecule has 4 rings (SSSR count). The van der Waals surface area contributed by atoms with Crippen molar-refractivity contribution >= 4 is 17.3 Å². The van der Waals surface area contributed by atoms with Crippen LogP contribution in [0.1, 0.15) is 34.7 Å². The van der Waals surface area contributed by atoms with Gasteiger partial charge in [0.15, 0.2) is 0 Å². The molecule has 0 saturated carbocycles. The molecule has 0 aliphatic heterocycles. The topological polar surface area (TPSA) is 90.2 Å². The Balaban J connectivity index is 1.56. The van der Waals surface area contributed by atoms with Gasteiger partial charge in [0.1, 0.15) is 18.4 Å². The molecule has 0 aliphatic carbocycles. The van der Waals surface area contributed by atoms with E-state index in [-0.39, 0.29) is 19.3 Å². The minimum absolute atomic E-state index is 0.0254. The molecule has 7 heteroatoms. The molecule has 1 heterocycles. The first kappa shape index (κ1) is 27.2. The molecule has 0 aliphatic rings. The summed E-state index contributed by atoms with van der Waals surface area (Å²) in [6.07, 6.45) is 3.21. The fraction of sp³-hybridized carbons (Fsp3) is 0.226. The highest BCUT2D eigenvalue weighted by atomic mass is 35.5. The minimum atomic E-state index is -0.0733. The summed E-state index contributed by atoms with van der Waals surface area (Å²) in [4.78, 5) is 4.12. The van der Waals surface area contributed by atoms with Crippen molar-refractivity contribution in [2.45, 2.75) is 39.6 Å². The number of aliphatic hydroxyl groups is 1. The average Bonchev–Trinajstić information content (AvgIpc) is 2.95. The van der Waals surface area contributed by atoms with E-state index >= 15 is 0 Å². The number of aromatic nitrogens is 1. The molecule has 0 radical (unpaired) electrons. The Morgan fingerprint density at radius 2 is 1.84 bits per heavy atom. The van der Waals surface area contributed by atoms with E-state index in [4.69, 9.17) is 16.3 Å². The van der Waals surface area contributed by atoms with Gasteiger partial charge in [-0.1, -0.05) is 60.1 Å². The molecule has 3 aromatic carbocycles. The van der Waals surface area contributed by atoms with E-state index in [1.54, 1.807) is 12.3 Å². The predicted molar refractivity (Wildman–Crippen MR) is 152 cm³/mol. The molecule has 1 unspecified atom stereocenters. The number of benzene rings is 3. The monoisotopic (exact) mass is 526 g/mol. The molecule has 4 aromatic rings. The van der Waals surface area contributed by atoms with Gasteiger partial charge in [0.05, 0.1) is 22.9 Å². The zero-order valence-electron chi connectivity index (χ0n) is 21.5. The number of hydrogen-bond acceptors (Lipinski definition) is 6. The summed E-state index contributed by atoms with van der Waals surface area (Å²) >= 11 is 6.70. The summed E-state index contributed by atoms with van der Waals surface area (Å²) in [6, 6.07) is 24.3. The van der Waals surface area contributed by atoms with Crippen LogP contribution in [-0.2, 0) is 19.7 Å². The number of nitrogens with one attached hydrogen (secondary N) is 2. The first-order valence-corrected chi connectivity index (χ1v) is 12.9. The highest BCUT2D eigenvalue weighted by Crippen LogP contribution is 2.33. The quantitative estimate of drug-likeness (QED) is 0.214. The number of nitriles is 1. The third kappa shape index (κ3) is 6.90. The van der Waals surface area contributed by atoms with E-state index in [2.05, 4.69) is 58.9 Å². The van der Waals surface area contributed by atoms with Gasteiger partial charge in [0.2, 0.25) is 0 Å². The lowest BCUT2D eigenvalue weighted by Crippen LogP contribution is -2.28. The molecule has 194 valence electrons. The molecule has 6 nitrogen and oxygen atoms in total. The third-order valence-corrected chi connectivity index (χ3v) is 6.70. The molecule has 0 amide bonds. The van der Waals surface area contributed by atoms with Crippen LogP contribution in [0.5, 0.6) is 5.75 Å². The minimum Gasteiger partial charge on any atom is -0.488 e. The van der Waals surface area contributed by atoms with Crippen LogP contribution < -0.4 is 15.4 Å². The molecule has 0 fully saturated rings. The van der Waals surface area contributed by atoms with E-state index in [1.807, 2.05) is 37.3 Å². The summed E-state index contributed by atoms with van der Waals surface area (Å²) in [7, 11) is 0. The maximum absolute atomic E-state index is 9.41. The van der Waals surface area contributed by atoms with Gasteiger partial charge < -0.3 is 20.5 Å². The van der Waals surface area contributed by atoms with Crippen molar-refractivity contribution in [1.29, 1.82) is 5.26 Å². The van der Waals surface area contributed by atoms with Gasteiger partial charge in [0.25, 0.3) is 0 Å². The molecule has 1 atom stereocenters. The lowest BCUT2D eigenvalue weighted by Gasteiger charge is -2.19. The Hall–Kier alpha value is -3.89. The first-order valence-electron chi connectivity index (χ1n) is 12.5. The lowest BCUT2D eigenvalue weighted by atomic mass is 9.96. The fourth-order valence-corrected chi connectivity index (χ4v) is 4.39. The van der Waals surface area contributed by atoms with Crippen molar-refractivity contribution in [2.75, 3.05) is 11.9 Å². The zero-order chi connectivity index (χ0) is 26.9. The van der Waals surface area contributed by atoms with Crippen molar-refractivity contribution in [2.24, 2.45) is 0 Å². The number of nitrogens with zero attached hydrogens (tertiary/aromatic N) is 2. The van der Waals surface area contributed by atoms with E-state index in [0.29, 0.717) is 29.4 Å². The maximum Gasteiger partial charge on any atom is 0.126 e. The van der Waals surface area contributed by atoms with E-state index in [1.165, 1.54) is 28.5 Å². The molecule has 0 spiro atoms. The number of rotatable bonds is 11. The Morgan fingerprint density at radius 3 is 2.61 bits per heavy atom. The molecule has 0 saturated heterocycles. The van der Waals surface area contributed by atoms with Crippen LogP contribution in [-0.4, -0.2) is 22.7 Å². The number of ether oxygens (including phenoxy) is 1. The van der Waals surface area contributed by atoms with Crippen LogP contribution in [0.2, 0.25) is 5.02 Å². The Labute approximate surface area is 228 Å².